The molecule has 30 heavy (non-hydrogen) atoms. The first-order chi connectivity index (χ1) is 14.6. The van der Waals surface area contributed by atoms with Crippen LogP contribution in [0.5, 0.6) is 5.75 Å². The number of carbonyl (C=O) groups is 2. The molecule has 2 N–H and O–H groups in total. The molecule has 6 nitrogen and oxygen atoms in total. The third-order valence-electron chi connectivity index (χ3n) is 5.09. The zero-order chi connectivity index (χ0) is 20.9. The molecule has 1 heterocycles. The van der Waals surface area contributed by atoms with Gasteiger partial charge in [-0.15, -0.1) is 0 Å². The van der Waals surface area contributed by atoms with Gasteiger partial charge in [0.15, 0.2) is 0 Å². The molecule has 3 aromatic rings. The summed E-state index contributed by atoms with van der Waals surface area (Å²) in [5.41, 5.74) is 4.31. The van der Waals surface area contributed by atoms with E-state index >= 15 is 0 Å². The van der Waals surface area contributed by atoms with E-state index in [9.17, 15) is 9.59 Å². The van der Waals surface area contributed by atoms with Crippen LogP contribution in [-0.4, -0.2) is 25.6 Å². The highest BCUT2D eigenvalue weighted by molar-refractivity contribution is 6.07. The van der Waals surface area contributed by atoms with E-state index in [1.165, 1.54) is 0 Å². The molecular formula is C24H23N3O3. The van der Waals surface area contributed by atoms with Gasteiger partial charge in [-0.1, -0.05) is 36.4 Å². The Balaban J connectivity index is 1.41. The molecule has 1 aliphatic heterocycles. The average Bonchev–Trinajstić information content (AvgIpc) is 3.21. The largest absolute Gasteiger partial charge is 0.497 e. The van der Waals surface area contributed by atoms with E-state index in [1.807, 2.05) is 65.6 Å². The highest BCUT2D eigenvalue weighted by Crippen LogP contribution is 2.30. The van der Waals surface area contributed by atoms with E-state index < -0.39 is 0 Å². The number of hydrogen-bond acceptors (Lipinski definition) is 3. The van der Waals surface area contributed by atoms with E-state index in [2.05, 4.69) is 10.6 Å². The van der Waals surface area contributed by atoms with E-state index in [1.54, 1.807) is 19.2 Å². The van der Waals surface area contributed by atoms with Crippen LogP contribution < -0.4 is 20.3 Å². The summed E-state index contributed by atoms with van der Waals surface area (Å²) in [5.74, 6) is 0.671. The second kappa shape index (κ2) is 8.69. The van der Waals surface area contributed by atoms with Crippen molar-refractivity contribution in [1.82, 2.24) is 5.32 Å². The van der Waals surface area contributed by atoms with Crippen LogP contribution in [0.4, 0.5) is 16.2 Å². The summed E-state index contributed by atoms with van der Waals surface area (Å²) in [6.07, 6.45) is 0.831. The molecule has 0 fully saturated rings. The first-order valence-electron chi connectivity index (χ1n) is 9.81. The van der Waals surface area contributed by atoms with Crippen LogP contribution in [0.2, 0.25) is 0 Å². The van der Waals surface area contributed by atoms with Gasteiger partial charge in [-0.3, -0.25) is 4.79 Å². The maximum Gasteiger partial charge on any atom is 0.319 e. The van der Waals surface area contributed by atoms with Crippen LogP contribution in [0.3, 0.4) is 0 Å². The van der Waals surface area contributed by atoms with Gasteiger partial charge in [0.2, 0.25) is 0 Å². The standard InChI is InChI=1S/C24H23N3O3/c1-30-21-9-5-8-20(15-21)26-24(29)25-16-17-10-11-18-12-13-27(22(18)14-17)23(28)19-6-3-2-4-7-19/h2-11,14-15H,12-13,16H2,1H3,(H2,25,26,29). The first-order valence-corrected chi connectivity index (χ1v) is 9.81. The topological polar surface area (TPSA) is 70.7 Å². The molecule has 1 aliphatic rings. The van der Waals surface area contributed by atoms with Crippen LogP contribution in [0.1, 0.15) is 21.5 Å². The number of methoxy groups -OCH3 is 1. The fourth-order valence-corrected chi connectivity index (χ4v) is 3.54. The number of nitrogens with one attached hydrogen (secondary N) is 2. The molecule has 3 aromatic carbocycles. The number of fused-ring (bicyclic) bond motifs is 1. The summed E-state index contributed by atoms with van der Waals surface area (Å²) in [6, 6.07) is 22.2. The molecular weight excluding hydrogens is 378 g/mol. The Labute approximate surface area is 175 Å². The number of anilines is 2. The fourth-order valence-electron chi connectivity index (χ4n) is 3.54. The van der Waals surface area contributed by atoms with Crippen molar-refractivity contribution in [2.24, 2.45) is 0 Å². The lowest BCUT2D eigenvalue weighted by molar-refractivity contribution is 0.0989. The summed E-state index contributed by atoms with van der Waals surface area (Å²) in [7, 11) is 1.58. The highest BCUT2D eigenvalue weighted by Gasteiger charge is 2.25. The number of nitrogens with zero attached hydrogens (tertiary/aromatic N) is 1. The predicted octanol–water partition coefficient (Wildman–Crippen LogP) is 4.22. The van der Waals surface area contributed by atoms with Gasteiger partial charge in [-0.05, 0) is 47.9 Å². The van der Waals surface area contributed by atoms with Gasteiger partial charge >= 0.3 is 6.03 Å². The van der Waals surface area contributed by atoms with Crippen molar-refractivity contribution < 1.29 is 14.3 Å². The number of ether oxygens (including phenoxy) is 1. The Morgan fingerprint density at radius 3 is 2.63 bits per heavy atom. The average molecular weight is 401 g/mol. The second-order valence-corrected chi connectivity index (χ2v) is 7.08. The number of hydrogen-bond donors (Lipinski definition) is 2. The van der Waals surface area contributed by atoms with Crippen LogP contribution >= 0.6 is 0 Å². The van der Waals surface area contributed by atoms with Gasteiger partial charge in [0.05, 0.1) is 7.11 Å². The Morgan fingerprint density at radius 2 is 1.83 bits per heavy atom. The van der Waals surface area contributed by atoms with Crippen molar-refractivity contribution in [3.05, 3.63) is 89.5 Å². The molecule has 0 unspecified atom stereocenters. The van der Waals surface area contributed by atoms with Gasteiger partial charge in [0, 0.05) is 36.1 Å². The first kappa shape index (κ1) is 19.5. The highest BCUT2D eigenvalue weighted by atomic mass is 16.5. The minimum Gasteiger partial charge on any atom is -0.497 e. The van der Waals surface area contributed by atoms with Gasteiger partial charge in [-0.25, -0.2) is 4.79 Å². The van der Waals surface area contributed by atoms with Crippen molar-refractivity contribution in [3.8, 4) is 5.75 Å². The van der Waals surface area contributed by atoms with Gasteiger partial charge in [0.1, 0.15) is 5.75 Å². The molecule has 6 heteroatoms. The zero-order valence-electron chi connectivity index (χ0n) is 16.7. The number of benzene rings is 3. The Kier molecular flexibility index (Phi) is 5.66. The molecule has 0 aliphatic carbocycles. The molecule has 0 bridgehead atoms. The lowest BCUT2D eigenvalue weighted by Gasteiger charge is -2.18. The molecule has 3 amide bonds. The SMILES string of the molecule is COc1cccc(NC(=O)NCc2ccc3c(c2)N(C(=O)c2ccccc2)CC3)c1. The summed E-state index contributed by atoms with van der Waals surface area (Å²) in [5, 5.41) is 5.65. The Bertz CT molecular complexity index is 1070. The molecule has 0 saturated carbocycles. The van der Waals surface area contributed by atoms with Crippen LogP contribution in [0.15, 0.2) is 72.8 Å². The summed E-state index contributed by atoms with van der Waals surface area (Å²) in [4.78, 5) is 26.9. The summed E-state index contributed by atoms with van der Waals surface area (Å²) >= 11 is 0. The minimum absolute atomic E-state index is 0.00442. The second-order valence-electron chi connectivity index (χ2n) is 7.08. The molecule has 0 atom stereocenters. The Morgan fingerprint density at radius 1 is 1.00 bits per heavy atom. The molecule has 4 rings (SSSR count). The van der Waals surface area contributed by atoms with Crippen LogP contribution in [0, 0.1) is 0 Å². The number of carbonyl (C=O) groups excluding carboxylic acids is 2. The summed E-state index contributed by atoms with van der Waals surface area (Å²) in [6.45, 7) is 1.02. The Hall–Kier alpha value is -3.80. The maximum absolute atomic E-state index is 12.9. The van der Waals surface area contributed by atoms with Crippen molar-refractivity contribution in [2.75, 3.05) is 23.9 Å². The van der Waals surface area contributed by atoms with Gasteiger partial charge in [0.25, 0.3) is 5.91 Å². The van der Waals surface area contributed by atoms with Crippen molar-refractivity contribution in [1.29, 1.82) is 0 Å². The van der Waals surface area contributed by atoms with Crippen molar-refractivity contribution in [2.45, 2.75) is 13.0 Å². The van der Waals surface area contributed by atoms with E-state index in [-0.39, 0.29) is 11.9 Å². The monoisotopic (exact) mass is 401 g/mol. The lowest BCUT2D eigenvalue weighted by Crippen LogP contribution is -2.29. The zero-order valence-corrected chi connectivity index (χ0v) is 16.7. The fraction of sp³-hybridized carbons (Fsp3) is 0.167. The molecule has 152 valence electrons. The maximum atomic E-state index is 12.9. The van der Waals surface area contributed by atoms with Crippen LogP contribution in [0.25, 0.3) is 0 Å². The quantitative estimate of drug-likeness (QED) is 0.672. The number of rotatable bonds is 5. The molecule has 0 aromatic heterocycles. The summed E-state index contributed by atoms with van der Waals surface area (Å²) < 4.78 is 5.17. The van der Waals surface area contributed by atoms with E-state index in [0.29, 0.717) is 30.1 Å². The molecule has 0 spiro atoms. The number of urea groups is 1. The molecule has 0 saturated heterocycles. The smallest absolute Gasteiger partial charge is 0.319 e. The van der Waals surface area contributed by atoms with E-state index in [4.69, 9.17) is 4.74 Å². The van der Waals surface area contributed by atoms with Gasteiger partial charge < -0.3 is 20.3 Å². The van der Waals surface area contributed by atoms with Crippen molar-refractivity contribution >= 4 is 23.3 Å². The normalized spacial score (nSPS) is 12.2. The lowest BCUT2D eigenvalue weighted by atomic mass is 10.1. The molecule has 0 radical (unpaired) electrons. The number of amides is 3. The minimum atomic E-state index is -0.305. The van der Waals surface area contributed by atoms with Crippen LogP contribution in [-0.2, 0) is 13.0 Å². The van der Waals surface area contributed by atoms with E-state index in [0.717, 1.165) is 23.2 Å². The van der Waals surface area contributed by atoms with Gasteiger partial charge in [-0.2, -0.15) is 0 Å². The van der Waals surface area contributed by atoms with Crippen molar-refractivity contribution in [3.63, 3.8) is 0 Å². The predicted molar refractivity (Wildman–Crippen MR) is 117 cm³/mol. The third-order valence-corrected chi connectivity index (χ3v) is 5.09. The third kappa shape index (κ3) is 4.27.